The molecule has 3 aromatic rings. The summed E-state index contributed by atoms with van der Waals surface area (Å²) >= 11 is 5.96. The lowest BCUT2D eigenvalue weighted by Crippen LogP contribution is -2.31. The van der Waals surface area contributed by atoms with Crippen LogP contribution in [0.4, 0.5) is 0 Å². The Hall–Kier alpha value is -2.79. The molecule has 0 aliphatic rings. The Morgan fingerprint density at radius 3 is 2.81 bits per heavy atom. The highest BCUT2D eigenvalue weighted by molar-refractivity contribution is 6.30. The molecule has 1 heterocycles. The van der Waals surface area contributed by atoms with Gasteiger partial charge in [-0.05, 0) is 43.2 Å². The van der Waals surface area contributed by atoms with Crippen LogP contribution >= 0.6 is 11.6 Å². The first-order valence-electron chi connectivity index (χ1n) is 8.59. The lowest BCUT2D eigenvalue weighted by atomic mass is 10.1. The molecule has 0 radical (unpaired) electrons. The number of benzene rings is 2. The molecule has 6 heteroatoms. The lowest BCUT2D eigenvalue weighted by molar-refractivity contribution is -0.148. The molecule has 1 aromatic heterocycles. The van der Waals surface area contributed by atoms with Gasteiger partial charge in [-0.3, -0.25) is 9.59 Å². The minimum absolute atomic E-state index is 0.0488. The predicted molar refractivity (Wildman–Crippen MR) is 104 cm³/mol. The number of fused-ring (bicyclic) bond motifs is 1. The second-order valence-electron chi connectivity index (χ2n) is 6.44. The van der Waals surface area contributed by atoms with Crippen molar-refractivity contribution in [3.8, 4) is 0 Å². The van der Waals surface area contributed by atoms with Crippen LogP contribution in [0.2, 0.25) is 5.02 Å². The molecular formula is C21H20ClNO4. The van der Waals surface area contributed by atoms with Crippen molar-refractivity contribution in [2.45, 2.75) is 26.3 Å². The number of rotatable bonds is 6. The van der Waals surface area contributed by atoms with E-state index in [9.17, 15) is 9.59 Å². The van der Waals surface area contributed by atoms with Gasteiger partial charge in [-0.2, -0.15) is 0 Å². The van der Waals surface area contributed by atoms with Gasteiger partial charge in [0.1, 0.15) is 5.58 Å². The maximum atomic E-state index is 12.1. The van der Waals surface area contributed by atoms with Crippen molar-refractivity contribution in [3.05, 3.63) is 70.4 Å². The fourth-order valence-electron chi connectivity index (χ4n) is 2.82. The van der Waals surface area contributed by atoms with Crippen molar-refractivity contribution < 1.29 is 18.7 Å². The van der Waals surface area contributed by atoms with Gasteiger partial charge in [0.05, 0.1) is 18.7 Å². The van der Waals surface area contributed by atoms with Gasteiger partial charge in [-0.25, -0.2) is 0 Å². The SMILES string of the molecule is Cc1ccc2c(CC(=O)OCC(=O)N[C@@H](C)c3cccc(Cl)c3)coc2c1. The molecule has 140 valence electrons. The van der Waals surface area contributed by atoms with Gasteiger partial charge < -0.3 is 14.5 Å². The smallest absolute Gasteiger partial charge is 0.310 e. The highest BCUT2D eigenvalue weighted by Gasteiger charge is 2.15. The first kappa shape index (κ1) is 19.0. The maximum absolute atomic E-state index is 12.1. The van der Waals surface area contributed by atoms with Crippen molar-refractivity contribution in [1.82, 2.24) is 5.32 Å². The average molecular weight is 386 g/mol. The monoisotopic (exact) mass is 385 g/mol. The van der Waals surface area contributed by atoms with Gasteiger partial charge in [0.2, 0.25) is 0 Å². The molecule has 0 saturated heterocycles. The molecule has 2 aromatic carbocycles. The number of carbonyl (C=O) groups is 2. The molecule has 3 rings (SSSR count). The molecule has 0 unspecified atom stereocenters. The van der Waals surface area contributed by atoms with Crippen LogP contribution in [-0.2, 0) is 20.7 Å². The Balaban J connectivity index is 1.51. The number of carbonyl (C=O) groups excluding carboxylic acids is 2. The number of ether oxygens (including phenoxy) is 1. The van der Waals surface area contributed by atoms with Crippen LogP contribution in [0.15, 0.2) is 53.1 Å². The zero-order valence-electron chi connectivity index (χ0n) is 15.1. The molecule has 0 aliphatic carbocycles. The van der Waals surface area contributed by atoms with Gasteiger partial charge in [0.25, 0.3) is 5.91 Å². The summed E-state index contributed by atoms with van der Waals surface area (Å²) in [6, 6.07) is 12.8. The summed E-state index contributed by atoms with van der Waals surface area (Å²) < 4.78 is 10.6. The predicted octanol–water partition coefficient (Wildman–Crippen LogP) is 4.36. The number of esters is 1. The Bertz CT molecular complexity index is 979. The molecular weight excluding hydrogens is 366 g/mol. The topological polar surface area (TPSA) is 68.5 Å². The van der Waals surface area contributed by atoms with Gasteiger partial charge in [-0.1, -0.05) is 35.9 Å². The summed E-state index contributed by atoms with van der Waals surface area (Å²) in [4.78, 5) is 24.1. The second-order valence-corrected chi connectivity index (χ2v) is 6.88. The van der Waals surface area contributed by atoms with E-state index in [1.807, 2.05) is 44.2 Å². The lowest BCUT2D eigenvalue weighted by Gasteiger charge is -2.14. The number of furan rings is 1. The van der Waals surface area contributed by atoms with E-state index in [-0.39, 0.29) is 25.0 Å². The third kappa shape index (κ3) is 4.89. The fraction of sp³-hybridized carbons (Fsp3) is 0.238. The number of hydrogen-bond acceptors (Lipinski definition) is 4. The Kier molecular flexibility index (Phi) is 5.81. The quantitative estimate of drug-likeness (QED) is 0.640. The van der Waals surface area contributed by atoms with Crippen molar-refractivity contribution >= 4 is 34.4 Å². The molecule has 0 aliphatic heterocycles. The number of halogens is 1. The standard InChI is InChI=1S/C21H20ClNO4/c1-13-6-7-18-16(11-26-19(18)8-13)10-21(25)27-12-20(24)23-14(2)15-4-3-5-17(22)9-15/h3-9,11,14H,10,12H2,1-2H3,(H,23,24)/t14-/m0/s1. The summed E-state index contributed by atoms with van der Waals surface area (Å²) in [5.74, 6) is -0.854. The first-order valence-corrected chi connectivity index (χ1v) is 8.97. The van der Waals surface area contributed by atoms with Gasteiger partial charge in [-0.15, -0.1) is 0 Å². The zero-order chi connectivity index (χ0) is 19.4. The van der Waals surface area contributed by atoms with E-state index in [0.717, 1.165) is 27.7 Å². The van der Waals surface area contributed by atoms with Crippen LogP contribution in [0.5, 0.6) is 0 Å². The number of nitrogens with one attached hydrogen (secondary N) is 1. The number of hydrogen-bond donors (Lipinski definition) is 1. The van der Waals surface area contributed by atoms with E-state index in [4.69, 9.17) is 20.8 Å². The molecule has 1 amide bonds. The normalized spacial score (nSPS) is 12.0. The largest absolute Gasteiger partial charge is 0.464 e. The first-order chi connectivity index (χ1) is 12.9. The van der Waals surface area contributed by atoms with E-state index in [2.05, 4.69) is 5.32 Å². The van der Waals surface area contributed by atoms with Crippen LogP contribution < -0.4 is 5.32 Å². The van der Waals surface area contributed by atoms with Crippen LogP contribution in [0, 0.1) is 6.92 Å². The highest BCUT2D eigenvalue weighted by atomic mass is 35.5. The molecule has 5 nitrogen and oxygen atoms in total. The van der Waals surface area contributed by atoms with E-state index >= 15 is 0 Å². The Morgan fingerprint density at radius 2 is 2.04 bits per heavy atom. The van der Waals surface area contributed by atoms with Gasteiger partial charge in [0.15, 0.2) is 6.61 Å². The average Bonchev–Trinajstić information content (AvgIpc) is 3.01. The molecule has 0 saturated carbocycles. The summed E-state index contributed by atoms with van der Waals surface area (Å²) in [5.41, 5.74) is 3.42. The number of amides is 1. The minimum atomic E-state index is -0.483. The van der Waals surface area contributed by atoms with E-state index in [1.54, 1.807) is 18.4 Å². The zero-order valence-corrected chi connectivity index (χ0v) is 15.9. The van der Waals surface area contributed by atoms with E-state index in [0.29, 0.717) is 5.02 Å². The molecule has 0 bridgehead atoms. The molecule has 1 atom stereocenters. The van der Waals surface area contributed by atoms with Crippen LogP contribution in [0.3, 0.4) is 0 Å². The summed E-state index contributed by atoms with van der Waals surface area (Å²) in [6.07, 6.45) is 1.60. The van der Waals surface area contributed by atoms with Crippen molar-refractivity contribution in [2.75, 3.05) is 6.61 Å². The minimum Gasteiger partial charge on any atom is -0.464 e. The number of aryl methyl sites for hydroxylation is 1. The Labute approximate surface area is 162 Å². The van der Waals surface area contributed by atoms with E-state index < -0.39 is 5.97 Å². The fourth-order valence-corrected chi connectivity index (χ4v) is 3.02. The highest BCUT2D eigenvalue weighted by Crippen LogP contribution is 2.23. The van der Waals surface area contributed by atoms with Crippen molar-refractivity contribution in [1.29, 1.82) is 0 Å². The summed E-state index contributed by atoms with van der Waals surface area (Å²) in [7, 11) is 0. The van der Waals surface area contributed by atoms with Crippen LogP contribution in [0.1, 0.15) is 29.7 Å². The molecule has 0 fully saturated rings. The van der Waals surface area contributed by atoms with Gasteiger partial charge in [0, 0.05) is 16.0 Å². The third-order valence-corrected chi connectivity index (χ3v) is 4.47. The van der Waals surface area contributed by atoms with Crippen molar-refractivity contribution in [3.63, 3.8) is 0 Å². The third-order valence-electron chi connectivity index (χ3n) is 4.24. The van der Waals surface area contributed by atoms with E-state index in [1.165, 1.54) is 0 Å². The van der Waals surface area contributed by atoms with Gasteiger partial charge >= 0.3 is 5.97 Å². The van der Waals surface area contributed by atoms with Crippen LogP contribution in [-0.4, -0.2) is 18.5 Å². The molecule has 27 heavy (non-hydrogen) atoms. The second kappa shape index (κ2) is 8.27. The summed E-state index contributed by atoms with van der Waals surface area (Å²) in [6.45, 7) is 3.47. The summed E-state index contributed by atoms with van der Waals surface area (Å²) in [5, 5.41) is 4.25. The van der Waals surface area contributed by atoms with Crippen molar-refractivity contribution in [2.24, 2.45) is 0 Å². The Morgan fingerprint density at radius 1 is 1.22 bits per heavy atom. The maximum Gasteiger partial charge on any atom is 0.310 e. The molecule has 0 spiro atoms. The van der Waals surface area contributed by atoms with Crippen LogP contribution in [0.25, 0.3) is 11.0 Å². The molecule has 1 N–H and O–H groups in total.